The summed E-state index contributed by atoms with van der Waals surface area (Å²) in [5.74, 6) is 0.0979. The number of benzene rings is 1. The fourth-order valence-electron chi connectivity index (χ4n) is 4.52. The normalized spacial score (nSPS) is 22.0. The van der Waals surface area contributed by atoms with Gasteiger partial charge in [0.15, 0.2) is 5.11 Å². The van der Waals surface area contributed by atoms with E-state index in [1.165, 1.54) is 6.07 Å². The first kappa shape index (κ1) is 24.8. The molecule has 2 aliphatic heterocycles. The van der Waals surface area contributed by atoms with Crippen LogP contribution in [0.15, 0.2) is 24.3 Å². The number of rotatable bonds is 5. The van der Waals surface area contributed by atoms with Crippen LogP contribution in [0.1, 0.15) is 58.1 Å². The van der Waals surface area contributed by atoms with E-state index in [2.05, 4.69) is 15.5 Å². The van der Waals surface area contributed by atoms with Gasteiger partial charge in [0.2, 0.25) is 5.91 Å². The Morgan fingerprint density at radius 2 is 1.94 bits per heavy atom. The van der Waals surface area contributed by atoms with Gasteiger partial charge in [-0.05, 0) is 49.7 Å². The summed E-state index contributed by atoms with van der Waals surface area (Å²) in [6.07, 6.45) is -2.26. The first-order chi connectivity index (χ1) is 15.0. The van der Waals surface area contributed by atoms with Crippen molar-refractivity contribution in [3.8, 4) is 0 Å². The van der Waals surface area contributed by atoms with E-state index >= 15 is 0 Å². The van der Waals surface area contributed by atoms with Crippen LogP contribution < -0.4 is 10.6 Å². The molecule has 2 aliphatic rings. The highest BCUT2D eigenvalue weighted by Crippen LogP contribution is 2.37. The van der Waals surface area contributed by atoms with Crippen molar-refractivity contribution in [3.05, 3.63) is 35.4 Å². The molecule has 2 fully saturated rings. The largest absolute Gasteiger partial charge is 0.416 e. The second-order valence-electron chi connectivity index (χ2n) is 9.25. The number of amides is 1. The number of nitrogens with one attached hydrogen (secondary N) is 2. The molecule has 1 aromatic carbocycles. The number of hydrogen-bond donors (Lipinski definition) is 2. The van der Waals surface area contributed by atoms with Crippen LogP contribution in [0.4, 0.5) is 13.2 Å². The lowest BCUT2D eigenvalue weighted by molar-refractivity contribution is -0.137. The van der Waals surface area contributed by atoms with Crippen molar-refractivity contribution in [2.24, 2.45) is 5.92 Å². The maximum Gasteiger partial charge on any atom is 0.416 e. The average molecular weight is 471 g/mol. The van der Waals surface area contributed by atoms with Crippen LogP contribution in [0.3, 0.4) is 0 Å². The summed E-state index contributed by atoms with van der Waals surface area (Å²) >= 11 is 5.51. The van der Waals surface area contributed by atoms with E-state index in [1.807, 2.05) is 27.7 Å². The van der Waals surface area contributed by atoms with Crippen LogP contribution in [0.2, 0.25) is 0 Å². The van der Waals surface area contributed by atoms with Gasteiger partial charge in [0.05, 0.1) is 17.3 Å². The number of hydrogen-bond acceptors (Lipinski definition) is 3. The Bertz CT molecular complexity index is 837. The molecule has 178 valence electrons. The molecule has 32 heavy (non-hydrogen) atoms. The molecule has 0 bridgehead atoms. The Morgan fingerprint density at radius 3 is 2.50 bits per heavy atom. The van der Waals surface area contributed by atoms with Crippen molar-refractivity contribution >= 4 is 23.2 Å². The van der Waals surface area contributed by atoms with Crippen molar-refractivity contribution in [2.45, 2.75) is 77.4 Å². The van der Waals surface area contributed by atoms with Crippen molar-refractivity contribution < 1.29 is 18.0 Å². The molecule has 3 rings (SSSR count). The van der Waals surface area contributed by atoms with E-state index in [9.17, 15) is 18.0 Å². The summed E-state index contributed by atoms with van der Waals surface area (Å²) in [6.45, 7) is 9.63. The van der Waals surface area contributed by atoms with Crippen molar-refractivity contribution in [2.75, 3.05) is 13.1 Å². The number of carbonyl (C=O) groups excluding carboxylic acids is 1. The maximum absolute atomic E-state index is 13.4. The smallest absolute Gasteiger partial charge is 0.360 e. The van der Waals surface area contributed by atoms with E-state index in [4.69, 9.17) is 12.2 Å². The third-order valence-electron chi connectivity index (χ3n) is 6.57. The SMILES string of the molecule is CC[C@@H](C)[C@@H]1NC2(CCN(C(=S)NC(C)C)CC2)N(Cc2cccc(C(F)(F)F)c2)C1=O. The molecule has 9 heteroatoms. The van der Waals surface area contributed by atoms with Gasteiger partial charge in [-0.2, -0.15) is 13.2 Å². The molecular weight excluding hydrogens is 437 g/mol. The molecule has 0 aromatic heterocycles. The highest BCUT2D eigenvalue weighted by molar-refractivity contribution is 7.80. The fraction of sp³-hybridized carbons (Fsp3) is 0.652. The Kier molecular flexibility index (Phi) is 7.39. The first-order valence-corrected chi connectivity index (χ1v) is 11.7. The van der Waals surface area contributed by atoms with Crippen LogP contribution in [0.25, 0.3) is 0 Å². The molecular formula is C23H33F3N4OS. The van der Waals surface area contributed by atoms with Gasteiger partial charge in [-0.25, -0.2) is 0 Å². The predicted octanol–water partition coefficient (Wildman–Crippen LogP) is 4.13. The Balaban J connectivity index is 1.84. The zero-order valence-electron chi connectivity index (χ0n) is 19.1. The van der Waals surface area contributed by atoms with Crippen LogP contribution in [-0.2, 0) is 17.5 Å². The lowest BCUT2D eigenvalue weighted by atomic mass is 9.95. The molecule has 2 heterocycles. The molecule has 0 aliphatic carbocycles. The number of likely N-dealkylation sites (tertiary alicyclic amines) is 1. The third-order valence-corrected chi connectivity index (χ3v) is 6.95. The summed E-state index contributed by atoms with van der Waals surface area (Å²) in [7, 11) is 0. The molecule has 1 amide bonds. The second-order valence-corrected chi connectivity index (χ2v) is 9.64. The maximum atomic E-state index is 13.4. The molecule has 0 saturated carbocycles. The van der Waals surface area contributed by atoms with Gasteiger partial charge in [-0.1, -0.05) is 32.4 Å². The lowest BCUT2D eigenvalue weighted by Gasteiger charge is -2.45. The zero-order valence-corrected chi connectivity index (χ0v) is 19.9. The first-order valence-electron chi connectivity index (χ1n) is 11.3. The van der Waals surface area contributed by atoms with Gasteiger partial charge in [0.25, 0.3) is 0 Å². The highest BCUT2D eigenvalue weighted by atomic mass is 32.1. The Hall–Kier alpha value is -1.87. The summed E-state index contributed by atoms with van der Waals surface area (Å²) in [5, 5.41) is 7.54. The fourth-order valence-corrected chi connectivity index (χ4v) is 4.94. The van der Waals surface area contributed by atoms with E-state index in [0.717, 1.165) is 18.6 Å². The quantitative estimate of drug-likeness (QED) is 0.634. The van der Waals surface area contributed by atoms with E-state index in [1.54, 1.807) is 11.0 Å². The summed E-state index contributed by atoms with van der Waals surface area (Å²) in [6, 6.07) is 5.17. The van der Waals surface area contributed by atoms with Gasteiger partial charge in [-0.3, -0.25) is 10.1 Å². The summed E-state index contributed by atoms with van der Waals surface area (Å²) < 4.78 is 39.6. The number of halogens is 3. The molecule has 5 nitrogen and oxygen atoms in total. The molecule has 1 aromatic rings. The van der Waals surface area contributed by atoms with Gasteiger partial charge in [0, 0.05) is 38.5 Å². The van der Waals surface area contributed by atoms with Gasteiger partial charge in [-0.15, -0.1) is 0 Å². The lowest BCUT2D eigenvalue weighted by Crippen LogP contribution is -2.60. The monoisotopic (exact) mass is 470 g/mol. The van der Waals surface area contributed by atoms with Crippen LogP contribution in [0, 0.1) is 5.92 Å². The molecule has 2 N–H and O–H groups in total. The van der Waals surface area contributed by atoms with Gasteiger partial charge in [0.1, 0.15) is 0 Å². The third kappa shape index (κ3) is 5.20. The topological polar surface area (TPSA) is 47.6 Å². The predicted molar refractivity (Wildman–Crippen MR) is 123 cm³/mol. The van der Waals surface area contributed by atoms with E-state index < -0.39 is 17.4 Å². The molecule has 2 atom stereocenters. The molecule has 0 unspecified atom stereocenters. The van der Waals surface area contributed by atoms with Gasteiger partial charge < -0.3 is 15.1 Å². The number of piperidine rings is 1. The van der Waals surface area contributed by atoms with E-state index in [-0.39, 0.29) is 30.5 Å². The molecule has 1 spiro atoms. The zero-order chi connectivity index (χ0) is 23.7. The minimum Gasteiger partial charge on any atom is -0.360 e. The molecule has 2 saturated heterocycles. The second kappa shape index (κ2) is 9.55. The average Bonchev–Trinajstić information content (AvgIpc) is 2.99. The summed E-state index contributed by atoms with van der Waals surface area (Å²) in [4.78, 5) is 17.3. The number of nitrogens with zero attached hydrogens (tertiary/aromatic N) is 2. The highest BCUT2D eigenvalue weighted by Gasteiger charge is 2.52. The van der Waals surface area contributed by atoms with Crippen molar-refractivity contribution in [3.63, 3.8) is 0 Å². The van der Waals surface area contributed by atoms with Crippen LogP contribution >= 0.6 is 12.2 Å². The summed E-state index contributed by atoms with van der Waals surface area (Å²) in [5.41, 5.74) is -0.788. The van der Waals surface area contributed by atoms with Crippen molar-refractivity contribution in [1.82, 2.24) is 20.4 Å². The molecule has 0 radical (unpaired) electrons. The minimum atomic E-state index is -4.41. The van der Waals surface area contributed by atoms with Crippen LogP contribution in [-0.4, -0.2) is 51.7 Å². The standard InChI is InChI=1S/C23H33F3N4OS/c1-5-16(4)19-20(31)30(14-17-7-6-8-18(13-17)23(24,25)26)22(28-19)9-11-29(12-10-22)21(32)27-15(2)3/h6-8,13,15-16,19,28H,5,9-12,14H2,1-4H3,(H,27,32)/t16-,19+/m1/s1. The van der Waals surface area contributed by atoms with Crippen LogP contribution in [0.5, 0.6) is 0 Å². The number of carbonyl (C=O) groups is 1. The number of thiocarbonyl (C=S) groups is 1. The van der Waals surface area contributed by atoms with E-state index in [0.29, 0.717) is 36.6 Å². The Morgan fingerprint density at radius 1 is 1.28 bits per heavy atom. The minimum absolute atomic E-state index is 0.0342. The van der Waals surface area contributed by atoms with Crippen molar-refractivity contribution in [1.29, 1.82) is 0 Å². The Labute approximate surface area is 193 Å². The van der Waals surface area contributed by atoms with Gasteiger partial charge >= 0.3 is 6.18 Å². The number of alkyl halides is 3.